The SMILES string of the molecule is CNCC=Cc1ccc(N2CCCC2)cc1. The van der Waals surface area contributed by atoms with E-state index >= 15 is 0 Å². The second-order valence-corrected chi connectivity index (χ2v) is 4.25. The fraction of sp³-hybridized carbons (Fsp3) is 0.429. The molecule has 1 saturated heterocycles. The predicted molar refractivity (Wildman–Crippen MR) is 70.8 cm³/mol. The summed E-state index contributed by atoms with van der Waals surface area (Å²) in [6, 6.07) is 8.84. The molecule has 1 fully saturated rings. The molecule has 0 bridgehead atoms. The van der Waals surface area contributed by atoms with Gasteiger partial charge in [0.1, 0.15) is 0 Å². The molecule has 0 spiro atoms. The Bertz CT molecular complexity index is 334. The van der Waals surface area contributed by atoms with Crippen LogP contribution in [0.2, 0.25) is 0 Å². The van der Waals surface area contributed by atoms with Gasteiger partial charge in [-0.05, 0) is 37.6 Å². The van der Waals surface area contributed by atoms with E-state index in [4.69, 9.17) is 0 Å². The molecule has 0 radical (unpaired) electrons. The van der Waals surface area contributed by atoms with Crippen molar-refractivity contribution in [2.75, 3.05) is 31.6 Å². The number of hydrogen-bond donors (Lipinski definition) is 1. The standard InChI is InChI=1S/C14H20N2/c1-15-10-4-5-13-6-8-14(9-7-13)16-11-2-3-12-16/h4-9,15H,2-3,10-12H2,1H3. The Balaban J connectivity index is 1.98. The van der Waals surface area contributed by atoms with Gasteiger partial charge in [0.15, 0.2) is 0 Å². The van der Waals surface area contributed by atoms with Crippen molar-refractivity contribution in [2.45, 2.75) is 12.8 Å². The first-order valence-electron chi connectivity index (χ1n) is 6.06. The molecule has 86 valence electrons. The highest BCUT2D eigenvalue weighted by Crippen LogP contribution is 2.20. The van der Waals surface area contributed by atoms with E-state index in [1.807, 2.05) is 7.05 Å². The first-order valence-corrected chi connectivity index (χ1v) is 6.06. The Kier molecular flexibility index (Phi) is 4.00. The Morgan fingerprint density at radius 1 is 1.19 bits per heavy atom. The van der Waals surface area contributed by atoms with Crippen LogP contribution in [0, 0.1) is 0 Å². The van der Waals surface area contributed by atoms with Crippen molar-refractivity contribution in [3.05, 3.63) is 35.9 Å². The maximum absolute atomic E-state index is 3.10. The lowest BCUT2D eigenvalue weighted by Crippen LogP contribution is -2.17. The molecule has 0 aliphatic carbocycles. The van der Waals surface area contributed by atoms with Crippen LogP contribution < -0.4 is 10.2 Å². The van der Waals surface area contributed by atoms with E-state index in [0.717, 1.165) is 6.54 Å². The van der Waals surface area contributed by atoms with Gasteiger partial charge in [0.25, 0.3) is 0 Å². The highest BCUT2D eigenvalue weighted by Gasteiger charge is 2.11. The third-order valence-corrected chi connectivity index (χ3v) is 3.00. The quantitative estimate of drug-likeness (QED) is 0.832. The van der Waals surface area contributed by atoms with E-state index in [0.29, 0.717) is 0 Å². The van der Waals surface area contributed by atoms with Gasteiger partial charge in [0.05, 0.1) is 0 Å². The Morgan fingerprint density at radius 2 is 1.88 bits per heavy atom. The Morgan fingerprint density at radius 3 is 2.50 bits per heavy atom. The van der Waals surface area contributed by atoms with Crippen LogP contribution in [0.3, 0.4) is 0 Å². The van der Waals surface area contributed by atoms with Gasteiger partial charge in [-0.2, -0.15) is 0 Å². The summed E-state index contributed by atoms with van der Waals surface area (Å²) >= 11 is 0. The summed E-state index contributed by atoms with van der Waals surface area (Å²) in [5.41, 5.74) is 2.64. The van der Waals surface area contributed by atoms with Gasteiger partial charge in [-0.15, -0.1) is 0 Å². The average Bonchev–Trinajstić information content (AvgIpc) is 2.84. The molecule has 0 saturated carbocycles. The molecule has 0 amide bonds. The van der Waals surface area contributed by atoms with E-state index < -0.39 is 0 Å². The second kappa shape index (κ2) is 5.71. The van der Waals surface area contributed by atoms with Crippen molar-refractivity contribution in [1.29, 1.82) is 0 Å². The number of anilines is 1. The fourth-order valence-corrected chi connectivity index (χ4v) is 2.08. The molecular formula is C14H20N2. The number of likely N-dealkylation sites (N-methyl/N-ethyl adjacent to an activating group) is 1. The fourth-order valence-electron chi connectivity index (χ4n) is 2.08. The van der Waals surface area contributed by atoms with Crippen molar-refractivity contribution in [2.24, 2.45) is 0 Å². The molecule has 1 aliphatic heterocycles. The van der Waals surface area contributed by atoms with Gasteiger partial charge >= 0.3 is 0 Å². The van der Waals surface area contributed by atoms with Gasteiger partial charge in [0.2, 0.25) is 0 Å². The maximum atomic E-state index is 3.10. The predicted octanol–water partition coefficient (Wildman–Crippen LogP) is 2.52. The topological polar surface area (TPSA) is 15.3 Å². The van der Waals surface area contributed by atoms with Crippen LogP contribution in [0.5, 0.6) is 0 Å². The number of benzene rings is 1. The zero-order valence-corrected chi connectivity index (χ0v) is 9.95. The van der Waals surface area contributed by atoms with Gasteiger partial charge < -0.3 is 10.2 Å². The summed E-state index contributed by atoms with van der Waals surface area (Å²) in [6.07, 6.45) is 6.97. The van der Waals surface area contributed by atoms with Crippen LogP contribution in [0.15, 0.2) is 30.3 Å². The van der Waals surface area contributed by atoms with E-state index in [9.17, 15) is 0 Å². The average molecular weight is 216 g/mol. The highest BCUT2D eigenvalue weighted by molar-refractivity contribution is 5.56. The lowest BCUT2D eigenvalue weighted by Gasteiger charge is -2.17. The highest BCUT2D eigenvalue weighted by atomic mass is 15.1. The number of hydrogen-bond acceptors (Lipinski definition) is 2. The third-order valence-electron chi connectivity index (χ3n) is 3.00. The molecule has 16 heavy (non-hydrogen) atoms. The molecule has 2 rings (SSSR count). The summed E-state index contributed by atoms with van der Waals surface area (Å²) in [6.45, 7) is 3.36. The van der Waals surface area contributed by atoms with Crippen molar-refractivity contribution in [3.63, 3.8) is 0 Å². The molecule has 1 aliphatic rings. The zero-order chi connectivity index (χ0) is 11.2. The lowest BCUT2D eigenvalue weighted by molar-refractivity contribution is 0.922. The van der Waals surface area contributed by atoms with Gasteiger partial charge in [-0.1, -0.05) is 24.3 Å². The molecule has 1 N–H and O–H groups in total. The van der Waals surface area contributed by atoms with Gasteiger partial charge in [0, 0.05) is 25.3 Å². The first kappa shape index (κ1) is 11.2. The number of nitrogens with one attached hydrogen (secondary N) is 1. The largest absolute Gasteiger partial charge is 0.372 e. The minimum atomic E-state index is 0.924. The molecule has 1 aromatic rings. The van der Waals surface area contributed by atoms with E-state index in [1.54, 1.807) is 0 Å². The Hall–Kier alpha value is -1.28. The lowest BCUT2D eigenvalue weighted by atomic mass is 10.2. The second-order valence-electron chi connectivity index (χ2n) is 4.25. The Labute approximate surface area is 98.0 Å². The minimum Gasteiger partial charge on any atom is -0.372 e. The summed E-state index contributed by atoms with van der Waals surface area (Å²) < 4.78 is 0. The minimum absolute atomic E-state index is 0.924. The normalized spacial score (nSPS) is 16.2. The van der Waals surface area contributed by atoms with Crippen molar-refractivity contribution in [1.82, 2.24) is 5.32 Å². The molecule has 0 atom stereocenters. The van der Waals surface area contributed by atoms with Crippen molar-refractivity contribution < 1.29 is 0 Å². The smallest absolute Gasteiger partial charge is 0.0366 e. The van der Waals surface area contributed by atoms with Crippen LogP contribution in [0.1, 0.15) is 18.4 Å². The summed E-state index contributed by atoms with van der Waals surface area (Å²) in [5, 5.41) is 3.10. The molecular weight excluding hydrogens is 196 g/mol. The maximum Gasteiger partial charge on any atom is 0.0366 e. The molecule has 2 nitrogen and oxygen atoms in total. The van der Waals surface area contributed by atoms with Crippen molar-refractivity contribution >= 4 is 11.8 Å². The molecule has 1 aromatic carbocycles. The molecule has 2 heteroatoms. The van der Waals surface area contributed by atoms with E-state index in [1.165, 1.54) is 37.2 Å². The van der Waals surface area contributed by atoms with E-state index in [2.05, 4.69) is 46.6 Å². The third kappa shape index (κ3) is 2.86. The van der Waals surface area contributed by atoms with Crippen LogP contribution in [-0.4, -0.2) is 26.7 Å². The summed E-state index contributed by atoms with van der Waals surface area (Å²) in [5.74, 6) is 0. The van der Waals surface area contributed by atoms with Gasteiger partial charge in [-0.3, -0.25) is 0 Å². The first-order chi connectivity index (χ1) is 7.90. The summed E-state index contributed by atoms with van der Waals surface area (Å²) in [4.78, 5) is 2.46. The van der Waals surface area contributed by atoms with Gasteiger partial charge in [-0.25, -0.2) is 0 Å². The monoisotopic (exact) mass is 216 g/mol. The van der Waals surface area contributed by atoms with Crippen LogP contribution in [0.25, 0.3) is 6.08 Å². The van der Waals surface area contributed by atoms with Crippen LogP contribution in [-0.2, 0) is 0 Å². The van der Waals surface area contributed by atoms with Crippen LogP contribution in [0.4, 0.5) is 5.69 Å². The summed E-state index contributed by atoms with van der Waals surface area (Å²) in [7, 11) is 1.96. The molecule has 1 heterocycles. The zero-order valence-electron chi connectivity index (χ0n) is 9.95. The van der Waals surface area contributed by atoms with Crippen molar-refractivity contribution in [3.8, 4) is 0 Å². The van der Waals surface area contributed by atoms with Crippen LogP contribution >= 0.6 is 0 Å². The number of nitrogens with zero attached hydrogens (tertiary/aromatic N) is 1. The molecule has 0 aromatic heterocycles. The number of rotatable bonds is 4. The van der Waals surface area contributed by atoms with E-state index in [-0.39, 0.29) is 0 Å². The molecule has 0 unspecified atom stereocenters.